The van der Waals surface area contributed by atoms with Gasteiger partial charge in [0.15, 0.2) is 5.96 Å². The average Bonchev–Trinajstić information content (AvgIpc) is 2.61. The van der Waals surface area contributed by atoms with Gasteiger partial charge < -0.3 is 15.5 Å². The molecule has 1 aliphatic rings. The summed E-state index contributed by atoms with van der Waals surface area (Å²) in [5.41, 5.74) is 0.959. The highest BCUT2D eigenvalue weighted by Gasteiger charge is 2.23. The highest BCUT2D eigenvalue weighted by atomic mass is 19.1. The second kappa shape index (κ2) is 9.36. The van der Waals surface area contributed by atoms with Gasteiger partial charge in [0.05, 0.1) is 6.54 Å². The van der Waals surface area contributed by atoms with Crippen LogP contribution in [-0.4, -0.2) is 49.1 Å². The molecule has 0 aromatic heterocycles. The second-order valence-electron chi connectivity index (χ2n) is 8.13. The van der Waals surface area contributed by atoms with Gasteiger partial charge in [-0.3, -0.25) is 4.99 Å². The maximum Gasteiger partial charge on any atom is 0.191 e. The maximum absolute atomic E-state index is 13.2. The molecule has 0 unspecified atom stereocenters. The summed E-state index contributed by atoms with van der Waals surface area (Å²) in [5, 5.41) is 6.96. The smallest absolute Gasteiger partial charge is 0.191 e. The van der Waals surface area contributed by atoms with Gasteiger partial charge >= 0.3 is 0 Å². The number of benzene rings is 1. The Morgan fingerprint density at radius 3 is 2.38 bits per heavy atom. The van der Waals surface area contributed by atoms with Gasteiger partial charge in [-0.15, -0.1) is 0 Å². The fraction of sp³-hybridized carbons (Fsp3) is 0.667. The lowest BCUT2D eigenvalue weighted by molar-refractivity contribution is 0.167. The van der Waals surface area contributed by atoms with Crippen molar-refractivity contribution in [1.29, 1.82) is 0 Å². The number of halogens is 1. The SMILES string of the molecule is CCNC(=NCC(C)(C)c1ccc(F)cc1)NC1CCN(C(C)C)CC1. The van der Waals surface area contributed by atoms with E-state index in [-0.39, 0.29) is 11.2 Å². The van der Waals surface area contributed by atoms with Crippen LogP contribution in [0.25, 0.3) is 0 Å². The molecule has 0 bridgehead atoms. The lowest BCUT2D eigenvalue weighted by Gasteiger charge is -2.35. The quantitative estimate of drug-likeness (QED) is 0.601. The van der Waals surface area contributed by atoms with Gasteiger partial charge in [0, 0.05) is 37.1 Å². The number of nitrogens with one attached hydrogen (secondary N) is 2. The Bertz CT molecular complexity index is 572. The normalized spacial score (nSPS) is 17.6. The zero-order valence-corrected chi connectivity index (χ0v) is 17.0. The molecule has 1 aromatic rings. The van der Waals surface area contributed by atoms with Crippen molar-refractivity contribution in [3.63, 3.8) is 0 Å². The van der Waals surface area contributed by atoms with Crippen molar-refractivity contribution in [3.8, 4) is 0 Å². The number of hydrogen-bond donors (Lipinski definition) is 2. The van der Waals surface area contributed by atoms with Crippen LogP contribution in [0.2, 0.25) is 0 Å². The van der Waals surface area contributed by atoms with Crippen molar-refractivity contribution in [1.82, 2.24) is 15.5 Å². The average molecular weight is 363 g/mol. The minimum absolute atomic E-state index is 0.142. The molecule has 0 saturated carbocycles. The van der Waals surface area contributed by atoms with Gasteiger partial charge in [0.25, 0.3) is 0 Å². The van der Waals surface area contributed by atoms with Crippen LogP contribution in [0, 0.1) is 5.82 Å². The Kier molecular flexibility index (Phi) is 7.44. The highest BCUT2D eigenvalue weighted by Crippen LogP contribution is 2.23. The second-order valence-corrected chi connectivity index (χ2v) is 8.13. The summed E-state index contributed by atoms with van der Waals surface area (Å²) in [6, 6.07) is 7.84. The van der Waals surface area contributed by atoms with Crippen LogP contribution >= 0.6 is 0 Å². The number of rotatable bonds is 6. The van der Waals surface area contributed by atoms with Crippen molar-refractivity contribution < 1.29 is 4.39 Å². The van der Waals surface area contributed by atoms with E-state index in [1.807, 2.05) is 12.1 Å². The molecule has 2 N–H and O–H groups in total. The summed E-state index contributed by atoms with van der Waals surface area (Å²) in [6.45, 7) is 14.7. The number of likely N-dealkylation sites (tertiary alicyclic amines) is 1. The number of nitrogens with zero attached hydrogens (tertiary/aromatic N) is 2. The maximum atomic E-state index is 13.2. The van der Waals surface area contributed by atoms with Crippen molar-refractivity contribution in [3.05, 3.63) is 35.6 Å². The van der Waals surface area contributed by atoms with Gasteiger partial charge in [-0.25, -0.2) is 4.39 Å². The fourth-order valence-electron chi connectivity index (χ4n) is 3.34. The third-order valence-electron chi connectivity index (χ3n) is 5.20. The van der Waals surface area contributed by atoms with E-state index in [1.165, 1.54) is 12.1 Å². The molecule has 1 saturated heterocycles. The summed E-state index contributed by atoms with van der Waals surface area (Å²) in [5.74, 6) is 0.682. The van der Waals surface area contributed by atoms with Gasteiger partial charge in [-0.1, -0.05) is 26.0 Å². The Balaban J connectivity index is 1.96. The summed E-state index contributed by atoms with van der Waals surface area (Å²) in [7, 11) is 0. The molecule has 1 aromatic carbocycles. The fourth-order valence-corrected chi connectivity index (χ4v) is 3.34. The molecule has 5 heteroatoms. The van der Waals surface area contributed by atoms with E-state index in [0.717, 1.165) is 44.0 Å². The molecule has 0 radical (unpaired) electrons. The Hall–Kier alpha value is -1.62. The molecule has 146 valence electrons. The topological polar surface area (TPSA) is 39.7 Å². The summed E-state index contributed by atoms with van der Waals surface area (Å²) >= 11 is 0. The zero-order valence-electron chi connectivity index (χ0n) is 17.0. The predicted molar refractivity (Wildman–Crippen MR) is 108 cm³/mol. The van der Waals surface area contributed by atoms with E-state index < -0.39 is 0 Å². The molecule has 26 heavy (non-hydrogen) atoms. The molecule has 0 spiro atoms. The van der Waals surface area contributed by atoms with Crippen molar-refractivity contribution in [2.24, 2.45) is 4.99 Å². The van der Waals surface area contributed by atoms with E-state index in [9.17, 15) is 4.39 Å². The summed E-state index contributed by atoms with van der Waals surface area (Å²) in [4.78, 5) is 7.35. The number of hydrogen-bond acceptors (Lipinski definition) is 2. The Labute approximate surface area is 158 Å². The van der Waals surface area contributed by atoms with Gasteiger partial charge in [-0.2, -0.15) is 0 Å². The van der Waals surface area contributed by atoms with Crippen molar-refractivity contribution in [2.75, 3.05) is 26.2 Å². The highest BCUT2D eigenvalue weighted by molar-refractivity contribution is 5.80. The summed E-state index contributed by atoms with van der Waals surface area (Å²) in [6.07, 6.45) is 2.29. The summed E-state index contributed by atoms with van der Waals surface area (Å²) < 4.78 is 13.2. The van der Waals surface area contributed by atoms with Crippen LogP contribution in [0.1, 0.15) is 53.0 Å². The first-order valence-electron chi connectivity index (χ1n) is 9.86. The monoisotopic (exact) mass is 362 g/mol. The molecule has 1 aliphatic heterocycles. The molecule has 2 rings (SSSR count). The lowest BCUT2D eigenvalue weighted by Crippen LogP contribution is -2.50. The molecular formula is C21H35FN4. The molecule has 1 fully saturated rings. The molecule has 0 amide bonds. The standard InChI is InChI=1S/C21H35FN4/c1-6-23-20(25-19-11-13-26(14-12-19)16(2)3)24-15-21(4,5)17-7-9-18(22)10-8-17/h7-10,16,19H,6,11-15H2,1-5H3,(H2,23,24,25). The first-order valence-corrected chi connectivity index (χ1v) is 9.86. The van der Waals surface area contributed by atoms with Gasteiger partial charge in [0.1, 0.15) is 5.82 Å². The zero-order chi connectivity index (χ0) is 19.2. The van der Waals surface area contributed by atoms with E-state index in [2.05, 4.69) is 50.2 Å². The van der Waals surface area contributed by atoms with E-state index in [1.54, 1.807) is 0 Å². The molecule has 4 nitrogen and oxygen atoms in total. The van der Waals surface area contributed by atoms with Crippen LogP contribution in [0.15, 0.2) is 29.3 Å². The van der Waals surface area contributed by atoms with E-state index in [0.29, 0.717) is 18.6 Å². The van der Waals surface area contributed by atoms with Crippen LogP contribution in [0.4, 0.5) is 4.39 Å². The number of piperidine rings is 1. The van der Waals surface area contributed by atoms with E-state index in [4.69, 9.17) is 4.99 Å². The molecule has 0 atom stereocenters. The molecule has 1 heterocycles. The van der Waals surface area contributed by atoms with E-state index >= 15 is 0 Å². The van der Waals surface area contributed by atoms with Crippen molar-refractivity contribution >= 4 is 5.96 Å². The van der Waals surface area contributed by atoms with Crippen LogP contribution < -0.4 is 10.6 Å². The third-order valence-corrected chi connectivity index (χ3v) is 5.20. The Morgan fingerprint density at radius 2 is 1.85 bits per heavy atom. The van der Waals surface area contributed by atoms with Crippen LogP contribution in [-0.2, 0) is 5.41 Å². The molecular weight excluding hydrogens is 327 g/mol. The molecule has 0 aliphatic carbocycles. The third kappa shape index (κ3) is 5.97. The van der Waals surface area contributed by atoms with Crippen molar-refractivity contribution in [2.45, 2.75) is 65.0 Å². The lowest BCUT2D eigenvalue weighted by atomic mass is 9.85. The Morgan fingerprint density at radius 1 is 1.23 bits per heavy atom. The number of aliphatic imine (C=N–C) groups is 1. The van der Waals surface area contributed by atoms with Crippen LogP contribution in [0.5, 0.6) is 0 Å². The van der Waals surface area contributed by atoms with Gasteiger partial charge in [-0.05, 0) is 51.3 Å². The number of guanidine groups is 1. The first-order chi connectivity index (χ1) is 12.3. The largest absolute Gasteiger partial charge is 0.357 e. The minimum Gasteiger partial charge on any atom is -0.357 e. The minimum atomic E-state index is -0.198. The predicted octanol–water partition coefficient (Wildman–Crippen LogP) is 3.53. The van der Waals surface area contributed by atoms with Gasteiger partial charge in [0.2, 0.25) is 0 Å². The first kappa shape index (κ1) is 20.7. The van der Waals surface area contributed by atoms with Crippen LogP contribution in [0.3, 0.4) is 0 Å².